The highest BCUT2D eigenvalue weighted by Gasteiger charge is 2.29. The summed E-state index contributed by atoms with van der Waals surface area (Å²) in [4.78, 5) is 2.39. The third-order valence-corrected chi connectivity index (χ3v) is 1.73. The summed E-state index contributed by atoms with van der Waals surface area (Å²) in [5.74, 6) is 0.880. The number of rotatable bonds is 2. The highest BCUT2D eigenvalue weighted by atomic mass is 15.3. The van der Waals surface area contributed by atoms with Gasteiger partial charge in [0.25, 0.3) is 0 Å². The van der Waals surface area contributed by atoms with Crippen molar-refractivity contribution < 1.29 is 0 Å². The molecule has 0 radical (unpaired) electrons. The lowest BCUT2D eigenvalue weighted by Crippen LogP contribution is -1.98. The van der Waals surface area contributed by atoms with Crippen LogP contribution in [0.5, 0.6) is 0 Å². The Kier molecular flexibility index (Phi) is 1.57. The minimum absolute atomic E-state index is 0.880. The minimum Gasteiger partial charge on any atom is -0.301 e. The molecule has 1 nitrogen and oxygen atoms in total. The van der Waals surface area contributed by atoms with Crippen molar-refractivity contribution in [3.05, 3.63) is 0 Å². The molecule has 1 heteroatoms. The molecule has 0 N–H and O–H groups in total. The van der Waals surface area contributed by atoms with Crippen molar-refractivity contribution in [2.75, 3.05) is 13.6 Å². The van der Waals surface area contributed by atoms with Gasteiger partial charge in [-0.25, -0.2) is 0 Å². The Labute approximate surface area is 51.7 Å². The second-order valence-electron chi connectivity index (χ2n) is 3.22. The first-order valence-corrected chi connectivity index (χ1v) is 3.40. The van der Waals surface area contributed by atoms with E-state index in [0.717, 1.165) is 12.0 Å². The van der Waals surface area contributed by atoms with Gasteiger partial charge in [0, 0.05) is 12.6 Å². The molecular formula is C7H15N. The second kappa shape index (κ2) is 2.06. The predicted octanol–water partition coefficient (Wildman–Crippen LogP) is 1.35. The number of hydrogen-bond donors (Lipinski definition) is 0. The van der Waals surface area contributed by atoms with Gasteiger partial charge in [-0.05, 0) is 19.4 Å². The molecule has 8 heavy (non-hydrogen) atoms. The third kappa shape index (κ3) is 1.48. The zero-order chi connectivity index (χ0) is 6.15. The maximum atomic E-state index is 2.39. The van der Waals surface area contributed by atoms with Crippen molar-refractivity contribution in [1.29, 1.82) is 0 Å². The molecule has 2 unspecified atom stereocenters. The van der Waals surface area contributed by atoms with Crippen LogP contribution in [0.1, 0.15) is 20.3 Å². The standard InChI is InChI=1S/C7H15N/c1-6(2)4-7-5-8(7)3/h6-7H,4-5H2,1-3H3. The summed E-state index contributed by atoms with van der Waals surface area (Å²) in [6.45, 7) is 5.90. The normalized spacial score (nSPS) is 36.0. The Morgan fingerprint density at radius 2 is 2.12 bits per heavy atom. The second-order valence-corrected chi connectivity index (χ2v) is 3.22. The SMILES string of the molecule is CC(C)CC1CN1C. The molecule has 0 aliphatic carbocycles. The summed E-state index contributed by atoms with van der Waals surface area (Å²) in [7, 11) is 2.19. The van der Waals surface area contributed by atoms with E-state index >= 15 is 0 Å². The number of nitrogens with zero attached hydrogens (tertiary/aromatic N) is 1. The van der Waals surface area contributed by atoms with Crippen LogP contribution in [0.25, 0.3) is 0 Å². The molecule has 1 aliphatic rings. The van der Waals surface area contributed by atoms with Crippen LogP contribution in [-0.2, 0) is 0 Å². The fourth-order valence-electron chi connectivity index (χ4n) is 1.08. The van der Waals surface area contributed by atoms with E-state index in [0.29, 0.717) is 0 Å². The van der Waals surface area contributed by atoms with Gasteiger partial charge in [0.05, 0.1) is 0 Å². The van der Waals surface area contributed by atoms with Crippen LogP contribution >= 0.6 is 0 Å². The van der Waals surface area contributed by atoms with Gasteiger partial charge in [-0.1, -0.05) is 13.8 Å². The molecule has 0 amide bonds. The Hall–Kier alpha value is -0.0400. The van der Waals surface area contributed by atoms with Crippen molar-refractivity contribution >= 4 is 0 Å². The monoisotopic (exact) mass is 113 g/mol. The molecule has 1 saturated heterocycles. The topological polar surface area (TPSA) is 3.01 Å². The Balaban J connectivity index is 2.05. The fraction of sp³-hybridized carbons (Fsp3) is 1.00. The van der Waals surface area contributed by atoms with E-state index in [2.05, 4.69) is 25.8 Å². The Morgan fingerprint density at radius 3 is 2.25 bits per heavy atom. The fourth-order valence-corrected chi connectivity index (χ4v) is 1.08. The van der Waals surface area contributed by atoms with Gasteiger partial charge >= 0.3 is 0 Å². The molecule has 2 atom stereocenters. The van der Waals surface area contributed by atoms with Crippen LogP contribution in [0.3, 0.4) is 0 Å². The Bertz CT molecular complexity index is 78.5. The Morgan fingerprint density at radius 1 is 1.62 bits per heavy atom. The van der Waals surface area contributed by atoms with E-state index < -0.39 is 0 Å². The molecule has 0 spiro atoms. The van der Waals surface area contributed by atoms with Crippen molar-refractivity contribution in [1.82, 2.24) is 4.90 Å². The van der Waals surface area contributed by atoms with Gasteiger partial charge in [0.1, 0.15) is 0 Å². The van der Waals surface area contributed by atoms with E-state index in [1.165, 1.54) is 13.0 Å². The molecule has 0 saturated carbocycles. The molecule has 0 bridgehead atoms. The third-order valence-electron chi connectivity index (χ3n) is 1.73. The van der Waals surface area contributed by atoms with Gasteiger partial charge in [-0.15, -0.1) is 0 Å². The van der Waals surface area contributed by atoms with E-state index in [9.17, 15) is 0 Å². The van der Waals surface area contributed by atoms with Gasteiger partial charge < -0.3 is 4.90 Å². The molecule has 1 heterocycles. The van der Waals surface area contributed by atoms with Crippen LogP contribution in [0.15, 0.2) is 0 Å². The highest BCUT2D eigenvalue weighted by molar-refractivity contribution is 4.85. The molecule has 1 fully saturated rings. The summed E-state index contributed by atoms with van der Waals surface area (Å²) >= 11 is 0. The molecule has 1 rings (SSSR count). The number of hydrogen-bond acceptors (Lipinski definition) is 1. The van der Waals surface area contributed by atoms with E-state index in [-0.39, 0.29) is 0 Å². The molecule has 1 aliphatic heterocycles. The van der Waals surface area contributed by atoms with Crippen LogP contribution < -0.4 is 0 Å². The average Bonchev–Trinajstić information content (AvgIpc) is 2.17. The van der Waals surface area contributed by atoms with E-state index in [4.69, 9.17) is 0 Å². The van der Waals surface area contributed by atoms with Crippen LogP contribution in [0.4, 0.5) is 0 Å². The lowest BCUT2D eigenvalue weighted by Gasteiger charge is -1.99. The minimum atomic E-state index is 0.880. The van der Waals surface area contributed by atoms with E-state index in [1.54, 1.807) is 0 Å². The molecular weight excluding hydrogens is 98.1 g/mol. The van der Waals surface area contributed by atoms with Crippen LogP contribution in [0.2, 0.25) is 0 Å². The van der Waals surface area contributed by atoms with Crippen LogP contribution in [0, 0.1) is 5.92 Å². The molecule has 0 aromatic rings. The summed E-state index contributed by atoms with van der Waals surface area (Å²) < 4.78 is 0. The lowest BCUT2D eigenvalue weighted by molar-refractivity contribution is 0.506. The maximum Gasteiger partial charge on any atom is 0.0223 e. The van der Waals surface area contributed by atoms with Crippen molar-refractivity contribution in [3.8, 4) is 0 Å². The average molecular weight is 113 g/mol. The van der Waals surface area contributed by atoms with Crippen LogP contribution in [-0.4, -0.2) is 24.5 Å². The lowest BCUT2D eigenvalue weighted by atomic mass is 10.1. The highest BCUT2D eigenvalue weighted by Crippen LogP contribution is 2.21. The summed E-state index contributed by atoms with van der Waals surface area (Å²) in [5.41, 5.74) is 0. The van der Waals surface area contributed by atoms with Crippen molar-refractivity contribution in [3.63, 3.8) is 0 Å². The van der Waals surface area contributed by atoms with E-state index in [1.807, 2.05) is 0 Å². The molecule has 0 aromatic carbocycles. The quantitative estimate of drug-likeness (QED) is 0.488. The summed E-state index contributed by atoms with van der Waals surface area (Å²) in [5, 5.41) is 0. The largest absolute Gasteiger partial charge is 0.301 e. The van der Waals surface area contributed by atoms with Gasteiger partial charge in [-0.2, -0.15) is 0 Å². The molecule has 48 valence electrons. The zero-order valence-corrected chi connectivity index (χ0v) is 6.02. The predicted molar refractivity (Wildman–Crippen MR) is 35.9 cm³/mol. The summed E-state index contributed by atoms with van der Waals surface area (Å²) in [6.07, 6.45) is 1.39. The zero-order valence-electron chi connectivity index (χ0n) is 6.02. The van der Waals surface area contributed by atoms with Gasteiger partial charge in [0.2, 0.25) is 0 Å². The first-order chi connectivity index (χ1) is 3.70. The van der Waals surface area contributed by atoms with Crippen molar-refractivity contribution in [2.24, 2.45) is 5.92 Å². The molecule has 0 aromatic heterocycles. The number of likely N-dealkylation sites (N-methyl/N-ethyl adjacent to an activating group) is 1. The smallest absolute Gasteiger partial charge is 0.0223 e. The van der Waals surface area contributed by atoms with Crippen molar-refractivity contribution in [2.45, 2.75) is 26.3 Å². The maximum absolute atomic E-state index is 2.39. The summed E-state index contributed by atoms with van der Waals surface area (Å²) in [6, 6.07) is 0.926. The van der Waals surface area contributed by atoms with Gasteiger partial charge in [0.15, 0.2) is 0 Å². The first kappa shape index (κ1) is 6.09. The van der Waals surface area contributed by atoms with Gasteiger partial charge in [-0.3, -0.25) is 0 Å². The first-order valence-electron chi connectivity index (χ1n) is 3.40.